The molecule has 3 heteroatoms. The minimum absolute atomic E-state index is 0.0965. The molecule has 0 radical (unpaired) electrons. The fourth-order valence-electron chi connectivity index (χ4n) is 2.11. The summed E-state index contributed by atoms with van der Waals surface area (Å²) in [5, 5.41) is 0. The zero-order valence-corrected chi connectivity index (χ0v) is 11.5. The smallest absolute Gasteiger partial charge is 0.162 e. The summed E-state index contributed by atoms with van der Waals surface area (Å²) in [4.78, 5) is 11.5. The molecule has 2 unspecified atom stereocenters. The van der Waals surface area contributed by atoms with E-state index in [2.05, 4.69) is 6.92 Å². The van der Waals surface area contributed by atoms with Gasteiger partial charge in [0, 0.05) is 6.08 Å². The number of carbonyl (C=O) groups is 1. The van der Waals surface area contributed by atoms with Crippen molar-refractivity contribution in [2.24, 2.45) is 0 Å². The Kier molecular flexibility index (Phi) is 4.38. The van der Waals surface area contributed by atoms with Gasteiger partial charge in [-0.05, 0) is 18.9 Å². The molecular weight excluding hydrogens is 240 g/mol. The van der Waals surface area contributed by atoms with E-state index < -0.39 is 5.60 Å². The van der Waals surface area contributed by atoms with Gasteiger partial charge in [-0.15, -0.1) is 0 Å². The van der Waals surface area contributed by atoms with Crippen LogP contribution >= 0.6 is 0 Å². The van der Waals surface area contributed by atoms with Gasteiger partial charge in [-0.1, -0.05) is 37.3 Å². The van der Waals surface area contributed by atoms with Gasteiger partial charge in [0.05, 0.1) is 19.3 Å². The normalized spacial score (nSPS) is 21.8. The van der Waals surface area contributed by atoms with E-state index in [1.165, 1.54) is 12.3 Å². The van der Waals surface area contributed by atoms with Crippen molar-refractivity contribution in [1.29, 1.82) is 0 Å². The van der Waals surface area contributed by atoms with Crippen molar-refractivity contribution >= 4 is 5.78 Å². The van der Waals surface area contributed by atoms with Gasteiger partial charge in [0.25, 0.3) is 0 Å². The van der Waals surface area contributed by atoms with Crippen molar-refractivity contribution in [3.8, 4) is 0 Å². The maximum absolute atomic E-state index is 11.5. The number of allylic oxidation sites excluding steroid dienone is 1. The third kappa shape index (κ3) is 3.44. The van der Waals surface area contributed by atoms with Crippen molar-refractivity contribution in [3.63, 3.8) is 0 Å². The summed E-state index contributed by atoms with van der Waals surface area (Å²) in [7, 11) is 0. The summed E-state index contributed by atoms with van der Waals surface area (Å²) >= 11 is 0. The highest BCUT2D eigenvalue weighted by Gasteiger charge is 2.37. The summed E-state index contributed by atoms with van der Waals surface area (Å²) in [6, 6.07) is 10.0. The Morgan fingerprint density at radius 2 is 2.11 bits per heavy atom. The molecule has 102 valence electrons. The highest BCUT2D eigenvalue weighted by atomic mass is 16.5. The predicted molar refractivity (Wildman–Crippen MR) is 73.6 cm³/mol. The van der Waals surface area contributed by atoms with Gasteiger partial charge in [0.2, 0.25) is 0 Å². The third-order valence-corrected chi connectivity index (χ3v) is 3.68. The number of carbonyl (C=O) groups excluding carboxylic acids is 1. The molecule has 3 nitrogen and oxygen atoms in total. The monoisotopic (exact) mass is 260 g/mol. The van der Waals surface area contributed by atoms with E-state index in [1.807, 2.05) is 37.3 Å². The minimum atomic E-state index is -0.448. The van der Waals surface area contributed by atoms with Gasteiger partial charge in [-0.2, -0.15) is 0 Å². The molecule has 1 aliphatic rings. The topological polar surface area (TPSA) is 35.5 Å². The van der Waals surface area contributed by atoms with E-state index in [0.717, 1.165) is 12.0 Å². The second-order valence-corrected chi connectivity index (χ2v) is 5.04. The average Bonchev–Trinajstić information content (AvgIpc) is 2.46. The predicted octanol–water partition coefficient (Wildman–Crippen LogP) is 3.24. The second-order valence-electron chi connectivity index (χ2n) is 5.04. The first-order chi connectivity index (χ1) is 9.14. The van der Waals surface area contributed by atoms with Crippen LogP contribution in [0.5, 0.6) is 0 Å². The van der Waals surface area contributed by atoms with Crippen molar-refractivity contribution in [2.45, 2.75) is 45.0 Å². The SMILES string of the molecule is CCC(C)(OCc1ccccc1)C1CC(=O)C=CO1. The molecule has 1 aromatic rings. The first-order valence-electron chi connectivity index (χ1n) is 6.67. The molecule has 0 amide bonds. The lowest BCUT2D eigenvalue weighted by Gasteiger charge is -2.37. The van der Waals surface area contributed by atoms with Crippen LogP contribution in [0.25, 0.3) is 0 Å². The summed E-state index contributed by atoms with van der Waals surface area (Å²) in [5.74, 6) is 0.0965. The lowest BCUT2D eigenvalue weighted by Crippen LogP contribution is -2.44. The van der Waals surface area contributed by atoms with Crippen LogP contribution in [0.4, 0.5) is 0 Å². The van der Waals surface area contributed by atoms with E-state index in [4.69, 9.17) is 9.47 Å². The maximum Gasteiger partial charge on any atom is 0.162 e. The fourth-order valence-corrected chi connectivity index (χ4v) is 2.11. The quantitative estimate of drug-likeness (QED) is 0.815. The van der Waals surface area contributed by atoms with Crippen molar-refractivity contribution < 1.29 is 14.3 Å². The van der Waals surface area contributed by atoms with Crippen LogP contribution in [0.15, 0.2) is 42.7 Å². The number of ether oxygens (including phenoxy) is 2. The van der Waals surface area contributed by atoms with E-state index >= 15 is 0 Å². The van der Waals surface area contributed by atoms with Crippen LogP contribution in [0.1, 0.15) is 32.3 Å². The summed E-state index contributed by atoms with van der Waals surface area (Å²) < 4.78 is 11.6. The number of hydrogen-bond donors (Lipinski definition) is 0. The molecule has 0 aromatic heterocycles. The Labute approximate surface area is 114 Å². The molecule has 0 bridgehead atoms. The lowest BCUT2D eigenvalue weighted by molar-refractivity contribution is -0.143. The highest BCUT2D eigenvalue weighted by molar-refractivity contribution is 5.90. The molecule has 0 spiro atoms. The Bertz CT molecular complexity index is 452. The first kappa shape index (κ1) is 13.8. The molecule has 0 fully saturated rings. The van der Waals surface area contributed by atoms with Crippen LogP contribution in [0, 0.1) is 0 Å². The zero-order chi connectivity index (χ0) is 13.7. The summed E-state index contributed by atoms with van der Waals surface area (Å²) in [6.45, 7) is 4.59. The molecule has 1 aromatic carbocycles. The number of hydrogen-bond acceptors (Lipinski definition) is 3. The van der Waals surface area contributed by atoms with E-state index in [9.17, 15) is 4.79 Å². The molecule has 2 atom stereocenters. The molecule has 1 aliphatic heterocycles. The minimum Gasteiger partial charge on any atom is -0.494 e. The Balaban J connectivity index is 2.01. The van der Waals surface area contributed by atoms with Gasteiger partial charge in [0.1, 0.15) is 11.7 Å². The van der Waals surface area contributed by atoms with E-state index in [1.54, 1.807) is 0 Å². The number of ketones is 1. The molecular formula is C16H20O3. The molecule has 0 saturated heterocycles. The van der Waals surface area contributed by atoms with Crippen molar-refractivity contribution in [2.75, 3.05) is 0 Å². The molecule has 2 rings (SSSR count). The van der Waals surface area contributed by atoms with Crippen molar-refractivity contribution in [3.05, 3.63) is 48.2 Å². The van der Waals surface area contributed by atoms with E-state index in [-0.39, 0.29) is 11.9 Å². The first-order valence-corrected chi connectivity index (χ1v) is 6.67. The van der Waals surface area contributed by atoms with Crippen LogP contribution in [0.3, 0.4) is 0 Å². The highest BCUT2D eigenvalue weighted by Crippen LogP contribution is 2.28. The van der Waals surface area contributed by atoms with Crippen LogP contribution in [-0.4, -0.2) is 17.5 Å². The van der Waals surface area contributed by atoms with Gasteiger partial charge in [0.15, 0.2) is 5.78 Å². The van der Waals surface area contributed by atoms with Gasteiger partial charge in [-0.25, -0.2) is 0 Å². The molecule has 0 saturated carbocycles. The Morgan fingerprint density at radius 1 is 1.37 bits per heavy atom. The number of benzene rings is 1. The maximum atomic E-state index is 11.5. The standard InChI is InChI=1S/C16H20O3/c1-3-16(2,15-11-14(17)9-10-18-15)19-12-13-7-5-4-6-8-13/h4-10,15H,3,11-12H2,1-2H3. The van der Waals surface area contributed by atoms with Gasteiger partial charge in [-0.3, -0.25) is 4.79 Å². The van der Waals surface area contributed by atoms with Crippen LogP contribution in [-0.2, 0) is 20.9 Å². The Hall–Kier alpha value is -1.61. The third-order valence-electron chi connectivity index (χ3n) is 3.68. The molecule has 19 heavy (non-hydrogen) atoms. The molecule has 1 heterocycles. The lowest BCUT2D eigenvalue weighted by atomic mass is 9.90. The average molecular weight is 260 g/mol. The van der Waals surface area contributed by atoms with Crippen LogP contribution in [0.2, 0.25) is 0 Å². The largest absolute Gasteiger partial charge is 0.494 e. The Morgan fingerprint density at radius 3 is 2.74 bits per heavy atom. The van der Waals surface area contributed by atoms with Crippen molar-refractivity contribution in [1.82, 2.24) is 0 Å². The van der Waals surface area contributed by atoms with Crippen LogP contribution < -0.4 is 0 Å². The summed E-state index contributed by atoms with van der Waals surface area (Å²) in [6.07, 6.45) is 3.93. The fraction of sp³-hybridized carbons (Fsp3) is 0.438. The molecule has 0 aliphatic carbocycles. The number of rotatable bonds is 5. The zero-order valence-electron chi connectivity index (χ0n) is 11.5. The van der Waals surface area contributed by atoms with E-state index in [0.29, 0.717) is 13.0 Å². The summed E-state index contributed by atoms with van der Waals surface area (Å²) in [5.41, 5.74) is 0.677. The van der Waals surface area contributed by atoms with Gasteiger partial charge < -0.3 is 9.47 Å². The van der Waals surface area contributed by atoms with Gasteiger partial charge >= 0.3 is 0 Å². The second kappa shape index (κ2) is 6.02. The molecule has 0 N–H and O–H groups in total.